The zero-order chi connectivity index (χ0) is 72.3. The van der Waals surface area contributed by atoms with Gasteiger partial charge in [-0.15, -0.1) is 22.7 Å². The van der Waals surface area contributed by atoms with E-state index in [4.69, 9.17) is 8.83 Å². The van der Waals surface area contributed by atoms with E-state index in [1.807, 2.05) is 34.8 Å². The number of rotatable bonds is 2. The summed E-state index contributed by atoms with van der Waals surface area (Å²) in [5, 5.41) is 10.5. The minimum Gasteiger partial charge on any atom is -0.456 e. The lowest BCUT2D eigenvalue weighted by Gasteiger charge is -2.34. The molecule has 0 fully saturated rings. The fraction of sp³-hybridized carbons (Fsp3) is 0.160. The number of aryl methyl sites for hydroxylation is 12. The van der Waals surface area contributed by atoms with Crippen LogP contribution in [0.5, 0.6) is 0 Å². The first-order valence-corrected chi connectivity index (χ1v) is 38.0. The van der Waals surface area contributed by atoms with E-state index in [-0.39, 0.29) is 10.8 Å². The fourth-order valence-electron chi connectivity index (χ4n) is 15.9. The van der Waals surface area contributed by atoms with Crippen LogP contribution in [-0.2, 0) is 10.8 Å². The average molecular weight is 1390 g/mol. The van der Waals surface area contributed by atoms with Gasteiger partial charge in [0.25, 0.3) is 0 Å². The lowest BCUT2D eigenvalue weighted by atomic mass is 9.67. The number of fused-ring (bicyclic) bond motifs is 18. The minimum absolute atomic E-state index is 0.142. The molecule has 0 saturated carbocycles. The number of hydrogen-bond acceptors (Lipinski definition) is 4. The maximum atomic E-state index is 5.91. The molecule has 104 heavy (non-hydrogen) atoms. The van der Waals surface area contributed by atoms with Gasteiger partial charge in [0.1, 0.15) is 22.3 Å². The van der Waals surface area contributed by atoms with Gasteiger partial charge in [0.15, 0.2) is 0 Å². The first kappa shape index (κ1) is 68.9. The third-order valence-electron chi connectivity index (χ3n) is 21.2. The molecule has 0 saturated heterocycles. The first-order valence-electron chi connectivity index (χ1n) is 36.3. The average Bonchev–Trinajstić information content (AvgIpc) is 1.54. The van der Waals surface area contributed by atoms with Crippen LogP contribution in [0.25, 0.3) is 106 Å². The van der Waals surface area contributed by atoms with Crippen molar-refractivity contribution in [2.45, 2.75) is 108 Å². The van der Waals surface area contributed by atoms with E-state index in [0.29, 0.717) is 0 Å². The van der Waals surface area contributed by atoms with Crippen molar-refractivity contribution in [2.24, 2.45) is 0 Å². The van der Waals surface area contributed by atoms with E-state index in [2.05, 4.69) is 364 Å². The lowest BCUT2D eigenvalue weighted by Crippen LogP contribution is -2.28. The second kappa shape index (κ2) is 28.1. The highest BCUT2D eigenvalue weighted by molar-refractivity contribution is 7.26. The van der Waals surface area contributed by atoms with Crippen LogP contribution in [0.2, 0.25) is 0 Å². The van der Waals surface area contributed by atoms with Crippen LogP contribution in [0.1, 0.15) is 114 Å². The second-order valence-corrected chi connectivity index (χ2v) is 31.6. The summed E-state index contributed by atoms with van der Waals surface area (Å²) in [6.07, 6.45) is 0. The van der Waals surface area contributed by atoms with Crippen molar-refractivity contribution in [1.82, 2.24) is 0 Å². The Labute approximate surface area is 620 Å². The fourth-order valence-corrected chi connectivity index (χ4v) is 18.2. The summed E-state index contributed by atoms with van der Waals surface area (Å²) < 4.78 is 17.3. The molecule has 0 radical (unpaired) electrons. The standard InChI is InChI=1S/C27H22.C17H18.2C14H12O.2C14H12S/c1-19-13-15-23-24-16-14-20(2)18-26(24)27(25(23)17-19,21-9-5-3-6-10-21)22-11-7-4-8-12-22;1-11-5-7-13-14-8-6-12(2)10-16(14)17(3,4)15(13)9-11;1-9-3-5-13-11(7-9)12-8-10(2)4-6-14(12)15-13;1-9-5-3-7-11-12-8-4-6-10(2)14(12)15-13(9)11;1-9-3-5-13-11(7-9)12-8-10(2)4-6-14(12)15-13;1-9-5-3-7-11-12-8-4-6-10(2)14(12)15-13(9)11/h3-18H,1-2H3;5-10H,1-4H3;4*3-8H,1-2H3. The van der Waals surface area contributed by atoms with Crippen LogP contribution >= 0.6 is 22.7 Å². The highest BCUT2D eigenvalue weighted by atomic mass is 32.1. The van der Waals surface area contributed by atoms with Gasteiger partial charge in [-0.25, -0.2) is 0 Å². The quantitative estimate of drug-likeness (QED) is 0.172. The molecule has 4 heterocycles. The van der Waals surface area contributed by atoms with Crippen molar-refractivity contribution < 1.29 is 8.83 Å². The molecule has 18 aromatic rings. The lowest BCUT2D eigenvalue weighted by molar-refractivity contribution is 0.659. The molecule has 4 aromatic heterocycles. The predicted octanol–water partition coefficient (Wildman–Crippen LogP) is 29.0. The Morgan fingerprint density at radius 2 is 0.558 bits per heavy atom. The van der Waals surface area contributed by atoms with Crippen molar-refractivity contribution in [2.75, 3.05) is 0 Å². The number of benzene rings is 14. The highest BCUT2D eigenvalue weighted by Gasteiger charge is 2.46. The Hall–Kier alpha value is -10.9. The maximum absolute atomic E-state index is 5.91. The number of furan rings is 2. The monoisotopic (exact) mass is 1380 g/mol. The molecule has 512 valence electrons. The molecule has 0 aliphatic heterocycles. The van der Waals surface area contributed by atoms with Crippen LogP contribution in [0, 0.1) is 83.1 Å². The summed E-state index contributed by atoms with van der Waals surface area (Å²) in [7, 11) is 0. The minimum atomic E-state index is -0.273. The topological polar surface area (TPSA) is 26.3 Å². The van der Waals surface area contributed by atoms with E-state index in [1.54, 1.807) is 0 Å². The number of hydrogen-bond donors (Lipinski definition) is 0. The van der Waals surface area contributed by atoms with Gasteiger partial charge in [-0.3, -0.25) is 0 Å². The van der Waals surface area contributed by atoms with Gasteiger partial charge in [-0.2, -0.15) is 0 Å². The molecule has 2 nitrogen and oxygen atoms in total. The van der Waals surface area contributed by atoms with Crippen molar-refractivity contribution >= 4 is 107 Å². The molecular formula is C100H88O2S2. The summed E-state index contributed by atoms with van der Waals surface area (Å²) in [5.74, 6) is 0. The van der Waals surface area contributed by atoms with Crippen molar-refractivity contribution in [1.29, 1.82) is 0 Å². The molecule has 0 atom stereocenters. The van der Waals surface area contributed by atoms with E-state index in [9.17, 15) is 0 Å². The molecule has 0 bridgehead atoms. The van der Waals surface area contributed by atoms with Gasteiger partial charge >= 0.3 is 0 Å². The third-order valence-corrected chi connectivity index (χ3v) is 23.9. The van der Waals surface area contributed by atoms with E-state index >= 15 is 0 Å². The highest BCUT2D eigenvalue weighted by Crippen LogP contribution is 2.57. The van der Waals surface area contributed by atoms with Crippen LogP contribution < -0.4 is 0 Å². The Kier molecular flexibility index (Phi) is 18.6. The third kappa shape index (κ3) is 12.7. The smallest absolute Gasteiger partial charge is 0.138 e. The van der Waals surface area contributed by atoms with E-state index in [1.165, 1.54) is 184 Å². The zero-order valence-electron chi connectivity index (χ0n) is 62.2. The van der Waals surface area contributed by atoms with Gasteiger partial charge in [-0.1, -0.05) is 289 Å². The Morgan fingerprint density at radius 3 is 0.952 bits per heavy atom. The summed E-state index contributed by atoms with van der Waals surface area (Å²) in [6, 6.07) is 101. The zero-order valence-corrected chi connectivity index (χ0v) is 63.8. The largest absolute Gasteiger partial charge is 0.456 e. The van der Waals surface area contributed by atoms with Gasteiger partial charge in [-0.05, 0) is 210 Å². The van der Waals surface area contributed by atoms with Crippen LogP contribution in [0.3, 0.4) is 0 Å². The molecule has 0 unspecified atom stereocenters. The van der Waals surface area contributed by atoms with Gasteiger partial charge in [0, 0.05) is 67.3 Å². The summed E-state index contributed by atoms with van der Waals surface area (Å²) in [4.78, 5) is 0. The molecule has 20 rings (SSSR count). The Bertz CT molecular complexity index is 5680. The van der Waals surface area contributed by atoms with Crippen molar-refractivity contribution in [3.8, 4) is 22.3 Å². The SMILES string of the molecule is Cc1ccc2c(c1)C(C)(C)c1cc(C)ccc1-2.Cc1ccc2c(c1)C(c1ccccc1)(c1ccccc1)c1cc(C)ccc1-2.Cc1ccc2oc3ccc(C)cc3c2c1.Cc1ccc2sc3ccc(C)cc3c2c1.Cc1cccc2c1oc1c(C)cccc12.Cc1cccc2c1sc1c(C)cccc12. The molecule has 0 spiro atoms. The van der Waals surface area contributed by atoms with Gasteiger partial charge in [0.05, 0.1) is 5.41 Å². The molecular weight excluding hydrogens is 1300 g/mol. The van der Waals surface area contributed by atoms with Crippen LogP contribution in [-0.4, -0.2) is 0 Å². The molecule has 14 aromatic carbocycles. The summed E-state index contributed by atoms with van der Waals surface area (Å²) >= 11 is 3.79. The number of thiophene rings is 2. The molecule has 0 amide bonds. The van der Waals surface area contributed by atoms with E-state index < -0.39 is 0 Å². The maximum Gasteiger partial charge on any atom is 0.138 e. The molecule has 0 N–H and O–H groups in total. The van der Waals surface area contributed by atoms with Crippen molar-refractivity contribution in [3.63, 3.8) is 0 Å². The van der Waals surface area contributed by atoms with Crippen molar-refractivity contribution in [3.05, 3.63) is 379 Å². The van der Waals surface area contributed by atoms with Gasteiger partial charge in [0.2, 0.25) is 0 Å². The first-order chi connectivity index (χ1) is 50.2. The normalized spacial score (nSPS) is 12.7. The van der Waals surface area contributed by atoms with Gasteiger partial charge < -0.3 is 8.83 Å². The summed E-state index contributed by atoms with van der Waals surface area (Å²) in [6.45, 7) is 30.4. The van der Waals surface area contributed by atoms with Crippen LogP contribution in [0.15, 0.2) is 288 Å². The second-order valence-electron chi connectivity index (χ2n) is 29.5. The van der Waals surface area contributed by atoms with E-state index in [0.717, 1.165) is 22.3 Å². The molecule has 2 aliphatic rings. The Morgan fingerprint density at radius 1 is 0.240 bits per heavy atom. The van der Waals surface area contributed by atoms with Crippen LogP contribution in [0.4, 0.5) is 0 Å². The molecule has 4 heteroatoms. The summed E-state index contributed by atoms with van der Waals surface area (Å²) in [5.41, 5.74) is 33.4. The number of para-hydroxylation sites is 2. The Balaban J connectivity index is 0.000000102. The predicted molar refractivity (Wildman–Crippen MR) is 451 cm³/mol. The molecule has 2 aliphatic carbocycles.